The van der Waals surface area contributed by atoms with Crippen LogP contribution in [0.1, 0.15) is 213 Å². The highest BCUT2D eigenvalue weighted by molar-refractivity contribution is 7.47. The molecule has 266 valence electrons. The van der Waals surface area contributed by atoms with Crippen LogP contribution in [0.4, 0.5) is 0 Å². The van der Waals surface area contributed by atoms with Gasteiger partial charge in [0.2, 0.25) is 0 Å². The maximum atomic E-state index is 12.5. The first kappa shape index (κ1) is 44.1. The van der Waals surface area contributed by atoms with Crippen molar-refractivity contribution in [1.82, 2.24) is 4.90 Å². The van der Waals surface area contributed by atoms with Gasteiger partial charge < -0.3 is 9.79 Å². The molecule has 1 N–H and O–H groups in total. The van der Waals surface area contributed by atoms with Gasteiger partial charge in [0.25, 0.3) is 0 Å². The Kier molecular flexibility index (Phi) is 34.5. The van der Waals surface area contributed by atoms with E-state index in [1.807, 2.05) is 6.92 Å². The van der Waals surface area contributed by atoms with Gasteiger partial charge in [-0.2, -0.15) is 0 Å². The van der Waals surface area contributed by atoms with Gasteiger partial charge in [0.1, 0.15) is 0 Å². The van der Waals surface area contributed by atoms with Gasteiger partial charge in [0.05, 0.1) is 12.7 Å². The van der Waals surface area contributed by atoms with Gasteiger partial charge in [-0.05, 0) is 39.3 Å². The first-order valence-electron chi connectivity index (χ1n) is 19.8. The van der Waals surface area contributed by atoms with Crippen molar-refractivity contribution < 1.29 is 18.5 Å². The summed E-state index contributed by atoms with van der Waals surface area (Å²) in [6, 6.07) is 0. The predicted molar refractivity (Wildman–Crippen MR) is 194 cm³/mol. The summed E-state index contributed by atoms with van der Waals surface area (Å²) in [6.45, 7) is 8.86. The zero-order chi connectivity index (χ0) is 32.4. The summed E-state index contributed by atoms with van der Waals surface area (Å²) in [5.41, 5.74) is 0. The molecule has 5 nitrogen and oxygen atoms in total. The van der Waals surface area contributed by atoms with Gasteiger partial charge in [-0.25, -0.2) is 4.57 Å². The maximum Gasteiger partial charge on any atom is 0.472 e. The van der Waals surface area contributed by atoms with Crippen molar-refractivity contribution in [2.24, 2.45) is 0 Å². The van der Waals surface area contributed by atoms with Crippen LogP contribution in [0.2, 0.25) is 0 Å². The molecule has 0 saturated carbocycles. The van der Waals surface area contributed by atoms with E-state index in [1.54, 1.807) is 0 Å². The van der Waals surface area contributed by atoms with Crippen molar-refractivity contribution in [1.29, 1.82) is 0 Å². The number of unbranched alkanes of at least 4 members (excludes halogenated alkanes) is 26. The van der Waals surface area contributed by atoms with Crippen LogP contribution in [0.15, 0.2) is 0 Å². The Morgan fingerprint density at radius 3 is 1.23 bits per heavy atom. The summed E-state index contributed by atoms with van der Waals surface area (Å²) >= 11 is 0. The van der Waals surface area contributed by atoms with E-state index in [2.05, 4.69) is 25.8 Å². The van der Waals surface area contributed by atoms with Crippen LogP contribution in [0, 0.1) is 0 Å². The van der Waals surface area contributed by atoms with Gasteiger partial charge in [-0.15, -0.1) is 0 Å². The summed E-state index contributed by atoms with van der Waals surface area (Å²) in [4.78, 5) is 12.6. The van der Waals surface area contributed by atoms with Crippen LogP contribution < -0.4 is 0 Å². The first-order valence-corrected chi connectivity index (χ1v) is 21.3. The van der Waals surface area contributed by atoms with Crippen LogP contribution >= 0.6 is 7.82 Å². The number of hydrogen-bond donors (Lipinski definition) is 1. The van der Waals surface area contributed by atoms with E-state index in [9.17, 15) is 9.46 Å². The predicted octanol–water partition coefficient (Wildman–Crippen LogP) is 13.2. The normalized spacial score (nSPS) is 14.0. The Morgan fingerprint density at radius 1 is 0.523 bits per heavy atom. The minimum absolute atomic E-state index is 0.235. The minimum atomic E-state index is -3.98. The molecule has 0 saturated heterocycles. The lowest BCUT2D eigenvalue weighted by atomic mass is 10.0. The van der Waals surface area contributed by atoms with Gasteiger partial charge in [0, 0.05) is 6.54 Å². The average Bonchev–Trinajstić information content (AvgIpc) is 3.01. The van der Waals surface area contributed by atoms with Crippen molar-refractivity contribution in [2.75, 3.05) is 26.7 Å². The Hall–Kier alpha value is 0.0700. The van der Waals surface area contributed by atoms with E-state index in [-0.39, 0.29) is 6.10 Å². The Morgan fingerprint density at radius 2 is 0.864 bits per heavy atom. The topological polar surface area (TPSA) is 59.0 Å². The van der Waals surface area contributed by atoms with Crippen LogP contribution in [0.3, 0.4) is 0 Å². The van der Waals surface area contributed by atoms with Crippen molar-refractivity contribution >= 4 is 7.82 Å². The third-order valence-corrected chi connectivity index (χ3v) is 10.3. The molecular formula is C38H80NO4P. The lowest BCUT2D eigenvalue weighted by Crippen LogP contribution is -2.25. The molecule has 0 aromatic carbocycles. The number of hydrogen-bond acceptors (Lipinski definition) is 4. The van der Waals surface area contributed by atoms with Crippen molar-refractivity contribution in [3.05, 3.63) is 0 Å². The largest absolute Gasteiger partial charge is 0.472 e. The van der Waals surface area contributed by atoms with Crippen LogP contribution in [0.25, 0.3) is 0 Å². The molecular weight excluding hydrogens is 565 g/mol. The van der Waals surface area contributed by atoms with E-state index in [1.165, 1.54) is 167 Å². The molecule has 0 spiro atoms. The average molecular weight is 646 g/mol. The van der Waals surface area contributed by atoms with Crippen LogP contribution in [-0.2, 0) is 13.6 Å². The fourth-order valence-electron chi connectivity index (χ4n) is 6.08. The molecule has 0 rings (SSSR count). The van der Waals surface area contributed by atoms with E-state index in [0.717, 1.165) is 38.8 Å². The van der Waals surface area contributed by atoms with Gasteiger partial charge >= 0.3 is 7.82 Å². The fraction of sp³-hybridized carbons (Fsp3) is 1.00. The molecule has 0 bridgehead atoms. The summed E-state index contributed by atoms with van der Waals surface area (Å²) in [7, 11) is -1.83. The zero-order valence-corrected chi connectivity index (χ0v) is 31.4. The second kappa shape index (κ2) is 34.4. The highest BCUT2D eigenvalue weighted by Crippen LogP contribution is 2.45. The van der Waals surface area contributed by atoms with Crippen LogP contribution in [0.5, 0.6) is 0 Å². The van der Waals surface area contributed by atoms with Gasteiger partial charge in [-0.1, -0.05) is 188 Å². The molecule has 0 radical (unpaired) electrons. The molecule has 0 amide bonds. The maximum absolute atomic E-state index is 12.5. The first-order chi connectivity index (χ1) is 21.4. The van der Waals surface area contributed by atoms with Crippen molar-refractivity contribution in [3.8, 4) is 0 Å². The third kappa shape index (κ3) is 33.4. The number of phosphoric ester groups is 1. The molecule has 6 heteroatoms. The second-order valence-corrected chi connectivity index (χ2v) is 15.1. The summed E-state index contributed by atoms with van der Waals surface area (Å²) in [5.74, 6) is 0. The zero-order valence-electron chi connectivity index (χ0n) is 30.5. The molecule has 0 heterocycles. The fourth-order valence-corrected chi connectivity index (χ4v) is 7.13. The molecule has 2 unspecified atom stereocenters. The number of rotatable bonds is 37. The second-order valence-electron chi connectivity index (χ2n) is 13.7. The van der Waals surface area contributed by atoms with E-state index in [0.29, 0.717) is 6.61 Å². The Bertz CT molecular complexity index is 605. The standard InChI is InChI=1S/C38H80NO4P/c1-5-8-10-12-14-16-18-20-22-24-26-28-30-32-35-39(4)36-34-38(7-3)43-44(40,41)42-37-33-31-29-27-25-23-21-19-17-15-13-11-9-6-2/h38H,5-37H2,1-4H3,(H,40,41). The third-order valence-electron chi connectivity index (χ3n) is 9.22. The lowest BCUT2D eigenvalue weighted by molar-refractivity contribution is 0.0897. The minimum Gasteiger partial charge on any atom is -0.306 e. The van der Waals surface area contributed by atoms with E-state index < -0.39 is 7.82 Å². The van der Waals surface area contributed by atoms with E-state index >= 15 is 0 Å². The summed E-state index contributed by atoms with van der Waals surface area (Å²) < 4.78 is 23.3. The number of phosphoric acid groups is 1. The molecule has 0 aromatic heterocycles. The highest BCUT2D eigenvalue weighted by Gasteiger charge is 2.25. The van der Waals surface area contributed by atoms with Gasteiger partial charge in [-0.3, -0.25) is 9.05 Å². The molecule has 0 fully saturated rings. The lowest BCUT2D eigenvalue weighted by Gasteiger charge is -2.23. The Balaban J connectivity index is 3.62. The Labute approximate surface area is 277 Å². The molecule has 0 aliphatic rings. The monoisotopic (exact) mass is 646 g/mol. The van der Waals surface area contributed by atoms with Gasteiger partial charge in [0.15, 0.2) is 0 Å². The number of nitrogens with zero attached hydrogens (tertiary/aromatic N) is 1. The molecule has 0 aliphatic carbocycles. The van der Waals surface area contributed by atoms with E-state index in [4.69, 9.17) is 9.05 Å². The molecule has 44 heavy (non-hydrogen) atoms. The smallest absolute Gasteiger partial charge is 0.306 e. The molecule has 0 aliphatic heterocycles. The SMILES string of the molecule is CCCCCCCCCCCCCCCCOP(=O)(O)OC(CC)CCN(C)CCCCCCCCCCCCCCCC. The molecule has 2 atom stereocenters. The quantitative estimate of drug-likeness (QED) is 0.0538. The van der Waals surface area contributed by atoms with Crippen molar-refractivity contribution in [3.63, 3.8) is 0 Å². The van der Waals surface area contributed by atoms with Crippen molar-refractivity contribution in [2.45, 2.75) is 219 Å². The summed E-state index contributed by atoms with van der Waals surface area (Å²) in [6.07, 6.45) is 38.7. The highest BCUT2D eigenvalue weighted by atomic mass is 31.2. The summed E-state index contributed by atoms with van der Waals surface area (Å²) in [5, 5.41) is 0. The van der Waals surface area contributed by atoms with Crippen LogP contribution in [-0.4, -0.2) is 42.6 Å². The molecule has 0 aromatic rings.